The average Bonchev–Trinajstić information content (AvgIpc) is 3.68. The van der Waals surface area contributed by atoms with Crippen molar-refractivity contribution in [2.75, 3.05) is 25.1 Å². The molecule has 0 bridgehead atoms. The number of likely N-dealkylation sites (tertiary alicyclic amines) is 1. The van der Waals surface area contributed by atoms with Crippen LogP contribution >= 0.6 is 11.6 Å². The topological polar surface area (TPSA) is 157 Å². The lowest BCUT2D eigenvalue weighted by Crippen LogP contribution is -2.64. The minimum Gasteiger partial charge on any atom is -0.504 e. The molecule has 4 aromatic rings. The molecular weight excluding hydrogens is 705 g/mol. The molecule has 2 saturated carbocycles. The molecule has 1 saturated heterocycles. The third-order valence-electron chi connectivity index (χ3n) is 11.7. The summed E-state index contributed by atoms with van der Waals surface area (Å²) in [5.41, 5.74) is 0.565. The van der Waals surface area contributed by atoms with E-state index in [2.05, 4.69) is 20.4 Å². The van der Waals surface area contributed by atoms with Gasteiger partial charge in [-0.25, -0.2) is 9.97 Å². The van der Waals surface area contributed by atoms with E-state index in [1.807, 2.05) is 6.08 Å². The van der Waals surface area contributed by atoms with Gasteiger partial charge < -0.3 is 24.6 Å². The summed E-state index contributed by atoms with van der Waals surface area (Å²) in [6, 6.07) is 2.54. The standard InChI is InChI=1S/C35H32ClF3N8O5/c1-16-29(49)27(41-15-40-16)32(51)45-9-8-34(20-3-5-24(20)45)21-13-19(21)28-26(34)31(50)47-33(43-30(44-47)17-6-10-52-11-7-17)46(28)14-25(48)42-23-4-2-18(12-22(23)36)35(37,38)39/h2,4,6,12,15,19-21,24,49H,3,5,7-11,13-14H2,1H3,(H,42,48)/t19-,20-,21+,24+,34?/m0/s1. The van der Waals surface area contributed by atoms with E-state index in [4.69, 9.17) is 21.3 Å². The number of piperidine rings is 1. The van der Waals surface area contributed by atoms with Crippen molar-refractivity contribution in [3.8, 4) is 5.75 Å². The van der Waals surface area contributed by atoms with Gasteiger partial charge in [0.25, 0.3) is 11.5 Å². The predicted octanol–water partition coefficient (Wildman–Crippen LogP) is 4.49. The summed E-state index contributed by atoms with van der Waals surface area (Å²) in [4.78, 5) is 56.8. The van der Waals surface area contributed by atoms with Gasteiger partial charge in [-0.2, -0.15) is 22.7 Å². The number of aromatic nitrogens is 6. The number of amides is 2. The van der Waals surface area contributed by atoms with Crippen LogP contribution in [0.5, 0.6) is 5.75 Å². The number of rotatable bonds is 5. The number of fused-ring (bicyclic) bond motifs is 8. The van der Waals surface area contributed by atoms with Crippen LogP contribution in [0.1, 0.15) is 76.8 Å². The summed E-state index contributed by atoms with van der Waals surface area (Å²) >= 11 is 6.18. The number of aromatic hydroxyl groups is 1. The number of aryl methyl sites for hydroxylation is 1. The Labute approximate surface area is 298 Å². The lowest BCUT2D eigenvalue weighted by atomic mass is 9.54. The SMILES string of the molecule is Cc1ncnc(C(=O)N2CCC3(c4c(n(CC(=O)Nc5ccc(C(F)(F)F)cc5Cl)c5nc(C6=CCOCC6)nn5c4=O)[C@H]4C[C@H]43)[C@H]3CC[C@H]32)c1O. The highest BCUT2D eigenvalue weighted by atomic mass is 35.5. The van der Waals surface area contributed by atoms with Crippen molar-refractivity contribution in [2.45, 2.75) is 69.1 Å². The largest absolute Gasteiger partial charge is 0.504 e. The smallest absolute Gasteiger partial charge is 0.416 e. The average molecular weight is 737 g/mol. The number of nitrogens with one attached hydrogen (secondary N) is 1. The van der Waals surface area contributed by atoms with E-state index in [1.54, 1.807) is 16.4 Å². The summed E-state index contributed by atoms with van der Waals surface area (Å²) in [7, 11) is 0. The third-order valence-corrected chi connectivity index (χ3v) is 12.0. The fourth-order valence-corrected chi connectivity index (χ4v) is 9.42. The number of carbonyl (C=O) groups is 2. The summed E-state index contributed by atoms with van der Waals surface area (Å²) in [5, 5.41) is 17.7. The highest BCUT2D eigenvalue weighted by Gasteiger charge is 2.70. The maximum atomic E-state index is 14.7. The molecule has 3 fully saturated rings. The van der Waals surface area contributed by atoms with E-state index in [9.17, 15) is 32.7 Å². The molecule has 5 atom stereocenters. The van der Waals surface area contributed by atoms with Crippen molar-refractivity contribution in [2.24, 2.45) is 11.8 Å². The van der Waals surface area contributed by atoms with Crippen LogP contribution in [-0.4, -0.2) is 76.8 Å². The van der Waals surface area contributed by atoms with Gasteiger partial charge >= 0.3 is 6.18 Å². The van der Waals surface area contributed by atoms with Crippen LogP contribution < -0.4 is 10.9 Å². The fraction of sp³-hybridized carbons (Fsp3) is 0.457. The first-order valence-electron chi connectivity index (χ1n) is 17.2. The van der Waals surface area contributed by atoms with E-state index >= 15 is 0 Å². The van der Waals surface area contributed by atoms with Crippen molar-refractivity contribution >= 4 is 40.5 Å². The lowest BCUT2D eigenvalue weighted by Gasteiger charge is -2.58. The summed E-state index contributed by atoms with van der Waals surface area (Å²) in [6.07, 6.45) is 1.86. The zero-order valence-electron chi connectivity index (χ0n) is 27.8. The molecule has 2 aliphatic heterocycles. The van der Waals surface area contributed by atoms with Gasteiger partial charge in [0.15, 0.2) is 17.3 Å². The van der Waals surface area contributed by atoms with Gasteiger partial charge in [0, 0.05) is 35.2 Å². The van der Waals surface area contributed by atoms with Gasteiger partial charge in [-0.3, -0.25) is 14.4 Å². The summed E-state index contributed by atoms with van der Waals surface area (Å²) in [6.45, 7) is 2.49. The Hall–Kier alpha value is -4.83. The lowest BCUT2D eigenvalue weighted by molar-refractivity contribution is -0.137. The van der Waals surface area contributed by atoms with Crippen LogP contribution in [0.2, 0.25) is 5.02 Å². The van der Waals surface area contributed by atoms with E-state index in [0.717, 1.165) is 43.0 Å². The zero-order chi connectivity index (χ0) is 36.3. The number of alkyl halides is 3. The molecule has 1 aromatic carbocycles. The molecule has 270 valence electrons. The normalized spacial score (nSPS) is 26.0. The first-order chi connectivity index (χ1) is 24.9. The maximum absolute atomic E-state index is 14.7. The van der Waals surface area contributed by atoms with Crippen LogP contribution in [0.25, 0.3) is 11.4 Å². The zero-order valence-corrected chi connectivity index (χ0v) is 28.5. The van der Waals surface area contributed by atoms with Crippen LogP contribution in [0, 0.1) is 18.8 Å². The second-order valence-electron chi connectivity index (χ2n) is 14.2. The van der Waals surface area contributed by atoms with Gasteiger partial charge in [-0.05, 0) is 74.6 Å². The minimum absolute atomic E-state index is 0.0166. The molecule has 52 heavy (non-hydrogen) atoms. The van der Waals surface area contributed by atoms with Gasteiger partial charge in [-0.15, -0.1) is 5.10 Å². The number of anilines is 1. The summed E-state index contributed by atoms with van der Waals surface area (Å²) in [5.74, 6) is -0.624. The number of benzene rings is 1. The van der Waals surface area contributed by atoms with E-state index in [0.29, 0.717) is 55.4 Å². The Kier molecular flexibility index (Phi) is 7.36. The Bertz CT molecular complexity index is 2310. The van der Waals surface area contributed by atoms with Gasteiger partial charge in [0.1, 0.15) is 12.9 Å². The van der Waals surface area contributed by atoms with Crippen molar-refractivity contribution in [3.05, 3.63) is 80.0 Å². The third kappa shape index (κ3) is 4.82. The highest BCUT2D eigenvalue weighted by Crippen LogP contribution is 2.72. The van der Waals surface area contributed by atoms with Crippen LogP contribution in [0.4, 0.5) is 18.9 Å². The van der Waals surface area contributed by atoms with E-state index in [-0.39, 0.29) is 69.7 Å². The molecule has 1 unspecified atom stereocenters. The monoisotopic (exact) mass is 736 g/mol. The molecular formula is C35H32ClF3N8O5. The first-order valence-corrected chi connectivity index (χ1v) is 17.6. The second-order valence-corrected chi connectivity index (χ2v) is 14.6. The number of ether oxygens (including phenoxy) is 1. The molecule has 1 spiro atoms. The highest BCUT2D eigenvalue weighted by molar-refractivity contribution is 6.33. The molecule has 3 aromatic heterocycles. The number of carbonyl (C=O) groups excluding carboxylic acids is 2. The number of halogens is 4. The van der Waals surface area contributed by atoms with Crippen LogP contribution in [0.3, 0.4) is 0 Å². The van der Waals surface area contributed by atoms with Crippen molar-refractivity contribution < 1.29 is 32.6 Å². The molecule has 17 heteroatoms. The molecule has 9 rings (SSSR count). The Morgan fingerprint density at radius 1 is 1.19 bits per heavy atom. The summed E-state index contributed by atoms with van der Waals surface area (Å²) < 4.78 is 48.3. The van der Waals surface area contributed by atoms with Gasteiger partial charge in [0.05, 0.1) is 35.2 Å². The Morgan fingerprint density at radius 3 is 2.73 bits per heavy atom. The van der Waals surface area contributed by atoms with Crippen molar-refractivity contribution in [1.29, 1.82) is 0 Å². The van der Waals surface area contributed by atoms with Crippen LogP contribution in [-0.2, 0) is 27.7 Å². The number of nitrogens with zero attached hydrogens (tertiary/aromatic N) is 7. The van der Waals surface area contributed by atoms with Crippen molar-refractivity contribution in [1.82, 2.24) is 34.0 Å². The quantitative estimate of drug-likeness (QED) is 0.302. The molecule has 3 aliphatic carbocycles. The molecule has 5 aliphatic rings. The van der Waals surface area contributed by atoms with Crippen LogP contribution in [0.15, 0.2) is 35.4 Å². The number of hydrogen-bond donors (Lipinski definition) is 2. The first kappa shape index (κ1) is 33.0. The number of hydrogen-bond acceptors (Lipinski definition) is 9. The van der Waals surface area contributed by atoms with E-state index in [1.165, 1.54) is 10.8 Å². The second kappa shape index (κ2) is 11.6. The van der Waals surface area contributed by atoms with E-state index < -0.39 is 23.1 Å². The molecule has 2 amide bonds. The Balaban J connectivity index is 1.12. The van der Waals surface area contributed by atoms with Gasteiger partial charge in [-0.1, -0.05) is 17.7 Å². The Morgan fingerprint density at radius 2 is 2.02 bits per heavy atom. The van der Waals surface area contributed by atoms with Gasteiger partial charge in [0.2, 0.25) is 11.7 Å². The van der Waals surface area contributed by atoms with Crippen molar-refractivity contribution in [3.63, 3.8) is 0 Å². The molecule has 13 nitrogen and oxygen atoms in total. The molecule has 0 radical (unpaired) electrons. The molecule has 5 heterocycles. The fourth-order valence-electron chi connectivity index (χ4n) is 9.19. The minimum atomic E-state index is -4.60. The molecule has 2 N–H and O–H groups in total. The maximum Gasteiger partial charge on any atom is 0.416 e. The predicted molar refractivity (Wildman–Crippen MR) is 179 cm³/mol.